The fourth-order valence-electron chi connectivity index (χ4n) is 1.68. The first-order valence-electron chi connectivity index (χ1n) is 5.67. The van der Waals surface area contributed by atoms with E-state index in [4.69, 9.17) is 15.1 Å². The first-order chi connectivity index (χ1) is 9.13. The molecule has 0 radical (unpaired) electrons. The van der Waals surface area contributed by atoms with Crippen molar-refractivity contribution in [3.05, 3.63) is 33.9 Å². The zero-order valence-electron chi connectivity index (χ0n) is 10.6. The van der Waals surface area contributed by atoms with Gasteiger partial charge >= 0.3 is 0 Å². The number of nitriles is 1. The smallest absolute Gasteiger partial charge is 0.270 e. The largest absolute Gasteiger partial charge is 0.395 e. The van der Waals surface area contributed by atoms with E-state index in [1.54, 1.807) is 12.0 Å². The van der Waals surface area contributed by atoms with E-state index in [-0.39, 0.29) is 17.9 Å². The first kappa shape index (κ1) is 14.9. The maximum Gasteiger partial charge on any atom is 0.270 e. The minimum atomic E-state index is -0.545. The normalized spacial score (nSPS) is 9.95. The van der Waals surface area contributed by atoms with E-state index < -0.39 is 4.92 Å². The molecule has 0 unspecified atom stereocenters. The van der Waals surface area contributed by atoms with Gasteiger partial charge in [-0.05, 0) is 6.07 Å². The molecule has 0 bridgehead atoms. The highest BCUT2D eigenvalue weighted by atomic mass is 16.6. The Labute approximate surface area is 110 Å². The van der Waals surface area contributed by atoms with Crippen LogP contribution in [0.1, 0.15) is 5.56 Å². The average Bonchev–Trinajstić information content (AvgIpc) is 2.42. The predicted molar refractivity (Wildman–Crippen MR) is 69.0 cm³/mol. The van der Waals surface area contributed by atoms with E-state index in [0.29, 0.717) is 25.4 Å². The van der Waals surface area contributed by atoms with Crippen molar-refractivity contribution < 1.29 is 14.8 Å². The zero-order valence-corrected chi connectivity index (χ0v) is 10.6. The number of benzene rings is 1. The molecule has 0 saturated carbocycles. The van der Waals surface area contributed by atoms with Gasteiger partial charge in [-0.3, -0.25) is 10.1 Å². The van der Waals surface area contributed by atoms with Crippen LogP contribution in [0.2, 0.25) is 0 Å². The molecule has 0 atom stereocenters. The summed E-state index contributed by atoms with van der Waals surface area (Å²) in [6.07, 6.45) is 0. The molecule has 0 aliphatic heterocycles. The van der Waals surface area contributed by atoms with Crippen LogP contribution in [0.3, 0.4) is 0 Å². The number of nitrogens with zero attached hydrogens (tertiary/aromatic N) is 3. The molecule has 0 fully saturated rings. The number of aliphatic hydroxyl groups is 1. The molecule has 0 aromatic heterocycles. The van der Waals surface area contributed by atoms with Gasteiger partial charge in [0.15, 0.2) is 0 Å². The van der Waals surface area contributed by atoms with Crippen LogP contribution in [0, 0.1) is 21.4 Å². The molecule has 0 aliphatic carbocycles. The van der Waals surface area contributed by atoms with Crippen molar-refractivity contribution in [2.45, 2.75) is 0 Å². The van der Waals surface area contributed by atoms with Gasteiger partial charge in [-0.1, -0.05) is 0 Å². The Morgan fingerprint density at radius 3 is 2.79 bits per heavy atom. The molecule has 1 N–H and O–H groups in total. The third-order valence-corrected chi connectivity index (χ3v) is 2.59. The number of methoxy groups -OCH3 is 1. The number of rotatable bonds is 7. The van der Waals surface area contributed by atoms with Crippen LogP contribution in [-0.4, -0.2) is 43.4 Å². The highest BCUT2D eigenvalue weighted by Gasteiger charge is 2.15. The Morgan fingerprint density at radius 1 is 1.53 bits per heavy atom. The van der Waals surface area contributed by atoms with E-state index in [1.165, 1.54) is 18.2 Å². The topological polar surface area (TPSA) is 99.6 Å². The lowest BCUT2D eigenvalue weighted by atomic mass is 10.1. The van der Waals surface area contributed by atoms with Gasteiger partial charge in [-0.15, -0.1) is 0 Å². The van der Waals surface area contributed by atoms with Crippen LogP contribution >= 0.6 is 0 Å². The van der Waals surface area contributed by atoms with Crippen LogP contribution in [0.25, 0.3) is 0 Å². The Hall–Kier alpha value is -2.17. The maximum atomic E-state index is 10.7. The van der Waals surface area contributed by atoms with Gasteiger partial charge in [-0.25, -0.2) is 0 Å². The quantitative estimate of drug-likeness (QED) is 0.581. The lowest BCUT2D eigenvalue weighted by molar-refractivity contribution is -0.384. The second-order valence-electron chi connectivity index (χ2n) is 3.77. The van der Waals surface area contributed by atoms with Gasteiger partial charge in [0.25, 0.3) is 5.69 Å². The monoisotopic (exact) mass is 265 g/mol. The van der Waals surface area contributed by atoms with E-state index in [1.807, 2.05) is 6.07 Å². The molecule has 1 aromatic rings. The number of hydrogen-bond donors (Lipinski definition) is 1. The summed E-state index contributed by atoms with van der Waals surface area (Å²) in [4.78, 5) is 11.9. The number of non-ortho nitro benzene ring substituents is 1. The Balaban J connectivity index is 3.08. The van der Waals surface area contributed by atoms with E-state index >= 15 is 0 Å². The molecular weight excluding hydrogens is 250 g/mol. The first-order valence-corrected chi connectivity index (χ1v) is 5.67. The average molecular weight is 265 g/mol. The van der Waals surface area contributed by atoms with Crippen molar-refractivity contribution in [1.29, 1.82) is 5.26 Å². The standard InChI is InChI=1S/C12H15N3O4/c1-19-7-5-14(4-6-16)12-3-2-11(15(17)18)8-10(12)9-13/h2-3,8,16H,4-7H2,1H3. The number of nitro benzene ring substituents is 1. The summed E-state index contributed by atoms with van der Waals surface area (Å²) in [7, 11) is 1.55. The predicted octanol–water partition coefficient (Wildman–Crippen LogP) is 0.912. The molecule has 0 amide bonds. The van der Waals surface area contributed by atoms with E-state index in [9.17, 15) is 10.1 Å². The van der Waals surface area contributed by atoms with Gasteiger partial charge in [-0.2, -0.15) is 5.26 Å². The summed E-state index contributed by atoms with van der Waals surface area (Å²) >= 11 is 0. The molecule has 7 heteroatoms. The van der Waals surface area contributed by atoms with E-state index in [2.05, 4.69) is 0 Å². The summed E-state index contributed by atoms with van der Waals surface area (Å²) in [6.45, 7) is 1.17. The second kappa shape index (κ2) is 7.31. The Morgan fingerprint density at radius 2 is 2.26 bits per heavy atom. The molecule has 0 spiro atoms. The van der Waals surface area contributed by atoms with Gasteiger partial charge in [0.2, 0.25) is 0 Å². The minimum Gasteiger partial charge on any atom is -0.395 e. The third kappa shape index (κ3) is 3.91. The van der Waals surface area contributed by atoms with Gasteiger partial charge in [0, 0.05) is 32.3 Å². The highest BCUT2D eigenvalue weighted by Crippen LogP contribution is 2.24. The van der Waals surface area contributed by atoms with Crippen LogP contribution in [-0.2, 0) is 4.74 Å². The number of nitro groups is 1. The lowest BCUT2D eigenvalue weighted by Gasteiger charge is -2.24. The van der Waals surface area contributed by atoms with Crippen LogP contribution in [0.15, 0.2) is 18.2 Å². The van der Waals surface area contributed by atoms with Crippen molar-refractivity contribution in [2.24, 2.45) is 0 Å². The third-order valence-electron chi connectivity index (χ3n) is 2.59. The highest BCUT2D eigenvalue weighted by molar-refractivity contribution is 5.63. The lowest BCUT2D eigenvalue weighted by Crippen LogP contribution is -2.30. The molecule has 19 heavy (non-hydrogen) atoms. The van der Waals surface area contributed by atoms with Crippen molar-refractivity contribution >= 4 is 11.4 Å². The van der Waals surface area contributed by atoms with Crippen LogP contribution < -0.4 is 4.90 Å². The SMILES string of the molecule is COCCN(CCO)c1ccc([N+](=O)[O-])cc1C#N. The summed E-state index contributed by atoms with van der Waals surface area (Å²) in [6, 6.07) is 6.02. The minimum absolute atomic E-state index is 0.0778. The molecule has 102 valence electrons. The number of ether oxygens (including phenoxy) is 1. The van der Waals surface area contributed by atoms with Crippen molar-refractivity contribution in [3.63, 3.8) is 0 Å². The summed E-state index contributed by atoms with van der Waals surface area (Å²) < 4.78 is 4.96. The molecule has 1 rings (SSSR count). The molecule has 0 saturated heterocycles. The van der Waals surface area contributed by atoms with Crippen LogP contribution in [0.4, 0.5) is 11.4 Å². The molecule has 0 heterocycles. The number of aliphatic hydroxyl groups excluding tert-OH is 1. The fourth-order valence-corrected chi connectivity index (χ4v) is 1.68. The van der Waals surface area contributed by atoms with Crippen LogP contribution in [0.5, 0.6) is 0 Å². The van der Waals surface area contributed by atoms with Crippen molar-refractivity contribution in [2.75, 3.05) is 38.3 Å². The van der Waals surface area contributed by atoms with Crippen molar-refractivity contribution in [1.82, 2.24) is 0 Å². The summed E-state index contributed by atoms with van der Waals surface area (Å²) in [5, 5.41) is 28.8. The number of hydrogen-bond acceptors (Lipinski definition) is 6. The second-order valence-corrected chi connectivity index (χ2v) is 3.77. The molecular formula is C12H15N3O4. The van der Waals surface area contributed by atoms with E-state index in [0.717, 1.165) is 0 Å². The zero-order chi connectivity index (χ0) is 14.3. The summed E-state index contributed by atoms with van der Waals surface area (Å²) in [5.41, 5.74) is 0.633. The Kier molecular flexibility index (Phi) is 5.73. The van der Waals surface area contributed by atoms with Gasteiger partial charge in [0.1, 0.15) is 6.07 Å². The maximum absolute atomic E-state index is 10.7. The Bertz CT molecular complexity index is 484. The molecule has 1 aromatic carbocycles. The van der Waals surface area contributed by atoms with Gasteiger partial charge in [0.05, 0.1) is 29.4 Å². The fraction of sp³-hybridized carbons (Fsp3) is 0.417. The summed E-state index contributed by atoms with van der Waals surface area (Å²) in [5.74, 6) is 0. The molecule has 0 aliphatic rings. The molecule has 7 nitrogen and oxygen atoms in total. The number of anilines is 1. The van der Waals surface area contributed by atoms with Crippen molar-refractivity contribution in [3.8, 4) is 6.07 Å². The van der Waals surface area contributed by atoms with Gasteiger partial charge < -0.3 is 14.7 Å².